The molecular formula is C15H15N3O2. The maximum absolute atomic E-state index is 12.4. The standard InChI is InChI=1S/C15H15N3O2/c19-15(13-3-7-17-8-4-13)18-9-10-20-14(11-18)12-1-5-16-6-2-12/h1-8,14H,9-11H2/t14-/m1/s1. The van der Waals surface area contributed by atoms with E-state index < -0.39 is 0 Å². The lowest BCUT2D eigenvalue weighted by Gasteiger charge is -2.33. The second kappa shape index (κ2) is 5.79. The molecule has 1 fully saturated rings. The van der Waals surface area contributed by atoms with Crippen molar-refractivity contribution in [1.82, 2.24) is 14.9 Å². The molecule has 1 saturated heterocycles. The van der Waals surface area contributed by atoms with E-state index in [2.05, 4.69) is 9.97 Å². The third-order valence-corrected chi connectivity index (χ3v) is 3.36. The number of nitrogens with zero attached hydrogens (tertiary/aromatic N) is 3. The number of carbonyl (C=O) groups excluding carboxylic acids is 1. The van der Waals surface area contributed by atoms with Crippen molar-refractivity contribution in [2.24, 2.45) is 0 Å². The summed E-state index contributed by atoms with van der Waals surface area (Å²) in [5.74, 6) is 0.0229. The summed E-state index contributed by atoms with van der Waals surface area (Å²) in [5.41, 5.74) is 1.71. The van der Waals surface area contributed by atoms with E-state index in [1.165, 1.54) is 0 Å². The Morgan fingerprint density at radius 3 is 2.45 bits per heavy atom. The van der Waals surface area contributed by atoms with Crippen LogP contribution < -0.4 is 0 Å². The van der Waals surface area contributed by atoms with Gasteiger partial charge < -0.3 is 9.64 Å². The summed E-state index contributed by atoms with van der Waals surface area (Å²) in [6, 6.07) is 7.31. The van der Waals surface area contributed by atoms with Crippen LogP contribution in [0.15, 0.2) is 49.1 Å². The smallest absolute Gasteiger partial charge is 0.254 e. The molecule has 20 heavy (non-hydrogen) atoms. The Morgan fingerprint density at radius 2 is 1.75 bits per heavy atom. The summed E-state index contributed by atoms with van der Waals surface area (Å²) in [6.07, 6.45) is 6.66. The molecule has 2 aromatic heterocycles. The number of carbonyl (C=O) groups is 1. The van der Waals surface area contributed by atoms with Gasteiger partial charge in [-0.1, -0.05) is 0 Å². The minimum atomic E-state index is -0.0856. The molecule has 3 rings (SSSR count). The second-order valence-corrected chi connectivity index (χ2v) is 4.63. The summed E-state index contributed by atoms with van der Waals surface area (Å²) in [5, 5.41) is 0. The first-order valence-electron chi connectivity index (χ1n) is 6.55. The Bertz CT molecular complexity index is 574. The molecule has 2 aromatic rings. The Labute approximate surface area is 117 Å². The predicted molar refractivity (Wildman–Crippen MR) is 73.1 cm³/mol. The van der Waals surface area contributed by atoms with E-state index in [0.717, 1.165) is 5.56 Å². The highest BCUT2D eigenvalue weighted by atomic mass is 16.5. The van der Waals surface area contributed by atoms with Gasteiger partial charge in [0.15, 0.2) is 0 Å². The molecule has 0 aromatic carbocycles. The van der Waals surface area contributed by atoms with Crippen LogP contribution in [0.1, 0.15) is 22.0 Å². The first-order valence-corrected chi connectivity index (χ1v) is 6.55. The molecule has 0 bridgehead atoms. The van der Waals surface area contributed by atoms with Crippen molar-refractivity contribution in [2.45, 2.75) is 6.10 Å². The fourth-order valence-corrected chi connectivity index (χ4v) is 2.29. The van der Waals surface area contributed by atoms with Gasteiger partial charge in [0.25, 0.3) is 5.91 Å². The van der Waals surface area contributed by atoms with Gasteiger partial charge in [-0.3, -0.25) is 14.8 Å². The lowest BCUT2D eigenvalue weighted by atomic mass is 10.1. The van der Waals surface area contributed by atoms with Gasteiger partial charge in [0, 0.05) is 36.9 Å². The van der Waals surface area contributed by atoms with Crippen molar-refractivity contribution in [2.75, 3.05) is 19.7 Å². The molecule has 3 heterocycles. The van der Waals surface area contributed by atoms with Crippen molar-refractivity contribution < 1.29 is 9.53 Å². The van der Waals surface area contributed by atoms with E-state index in [4.69, 9.17) is 4.74 Å². The topological polar surface area (TPSA) is 55.3 Å². The summed E-state index contributed by atoms with van der Waals surface area (Å²) in [7, 11) is 0. The molecule has 1 aliphatic heterocycles. The number of ether oxygens (including phenoxy) is 1. The van der Waals surface area contributed by atoms with Gasteiger partial charge in [-0.2, -0.15) is 0 Å². The highest BCUT2D eigenvalue weighted by molar-refractivity contribution is 5.94. The van der Waals surface area contributed by atoms with Crippen LogP contribution in [0.2, 0.25) is 0 Å². The molecule has 1 atom stereocenters. The van der Waals surface area contributed by atoms with Crippen molar-refractivity contribution >= 4 is 5.91 Å². The van der Waals surface area contributed by atoms with Gasteiger partial charge in [-0.15, -0.1) is 0 Å². The number of hydrogen-bond acceptors (Lipinski definition) is 4. The number of amides is 1. The van der Waals surface area contributed by atoms with Crippen LogP contribution >= 0.6 is 0 Å². The SMILES string of the molecule is O=C(c1ccncc1)N1CCO[C@@H](c2ccncc2)C1. The zero-order valence-electron chi connectivity index (χ0n) is 11.0. The minimum Gasteiger partial charge on any atom is -0.370 e. The van der Waals surface area contributed by atoms with Gasteiger partial charge in [0.1, 0.15) is 6.10 Å². The Hall–Kier alpha value is -2.27. The molecule has 0 saturated carbocycles. The number of pyridine rings is 2. The maximum Gasteiger partial charge on any atom is 0.254 e. The average Bonchev–Trinajstić information content (AvgIpc) is 2.56. The summed E-state index contributed by atoms with van der Waals surface area (Å²) < 4.78 is 5.75. The lowest BCUT2D eigenvalue weighted by molar-refractivity contribution is -0.0228. The maximum atomic E-state index is 12.4. The van der Waals surface area contributed by atoms with Crippen molar-refractivity contribution in [3.8, 4) is 0 Å². The molecular weight excluding hydrogens is 254 g/mol. The summed E-state index contributed by atoms with van der Waals surface area (Å²) in [4.78, 5) is 22.2. The highest BCUT2D eigenvalue weighted by Gasteiger charge is 2.25. The lowest BCUT2D eigenvalue weighted by Crippen LogP contribution is -2.42. The third-order valence-electron chi connectivity index (χ3n) is 3.36. The molecule has 0 N–H and O–H groups in total. The van der Waals surface area contributed by atoms with Crippen molar-refractivity contribution in [3.05, 3.63) is 60.2 Å². The fraction of sp³-hybridized carbons (Fsp3) is 0.267. The van der Waals surface area contributed by atoms with Gasteiger partial charge in [0.05, 0.1) is 13.2 Å². The summed E-state index contributed by atoms with van der Waals surface area (Å²) >= 11 is 0. The number of hydrogen-bond donors (Lipinski definition) is 0. The Morgan fingerprint density at radius 1 is 1.10 bits per heavy atom. The summed E-state index contributed by atoms with van der Waals surface area (Å²) in [6.45, 7) is 1.72. The number of aromatic nitrogens is 2. The zero-order valence-corrected chi connectivity index (χ0v) is 11.0. The van der Waals surface area contributed by atoms with Crippen molar-refractivity contribution in [1.29, 1.82) is 0 Å². The normalized spacial score (nSPS) is 18.8. The molecule has 5 nitrogen and oxygen atoms in total. The Kier molecular flexibility index (Phi) is 3.69. The van der Waals surface area contributed by atoms with Crippen LogP contribution in [0.3, 0.4) is 0 Å². The average molecular weight is 269 g/mol. The largest absolute Gasteiger partial charge is 0.370 e. The van der Waals surface area contributed by atoms with E-state index in [-0.39, 0.29) is 12.0 Å². The van der Waals surface area contributed by atoms with E-state index in [9.17, 15) is 4.79 Å². The van der Waals surface area contributed by atoms with Gasteiger partial charge >= 0.3 is 0 Å². The van der Waals surface area contributed by atoms with Crippen molar-refractivity contribution in [3.63, 3.8) is 0 Å². The second-order valence-electron chi connectivity index (χ2n) is 4.63. The van der Waals surface area contributed by atoms with E-state index in [1.54, 1.807) is 36.9 Å². The van der Waals surface area contributed by atoms with E-state index in [1.807, 2.05) is 17.0 Å². The molecule has 1 aliphatic rings. The van der Waals surface area contributed by atoms with E-state index >= 15 is 0 Å². The minimum absolute atomic E-state index is 0.0229. The number of morpholine rings is 1. The van der Waals surface area contributed by atoms with Gasteiger partial charge in [0.2, 0.25) is 0 Å². The van der Waals surface area contributed by atoms with E-state index in [0.29, 0.717) is 25.3 Å². The van der Waals surface area contributed by atoms with Crippen LogP contribution in [0.4, 0.5) is 0 Å². The van der Waals surface area contributed by atoms with Gasteiger partial charge in [-0.25, -0.2) is 0 Å². The third kappa shape index (κ3) is 2.67. The Balaban J connectivity index is 1.74. The zero-order chi connectivity index (χ0) is 13.8. The van der Waals surface area contributed by atoms with Crippen LogP contribution in [-0.4, -0.2) is 40.5 Å². The molecule has 0 aliphatic carbocycles. The van der Waals surface area contributed by atoms with Crippen LogP contribution in [0.5, 0.6) is 0 Å². The molecule has 1 amide bonds. The molecule has 0 radical (unpaired) electrons. The first-order chi connectivity index (χ1) is 9.84. The fourth-order valence-electron chi connectivity index (χ4n) is 2.29. The highest BCUT2D eigenvalue weighted by Crippen LogP contribution is 2.22. The quantitative estimate of drug-likeness (QED) is 0.832. The van der Waals surface area contributed by atoms with Crippen LogP contribution in [-0.2, 0) is 4.74 Å². The van der Waals surface area contributed by atoms with Gasteiger partial charge in [-0.05, 0) is 29.8 Å². The predicted octanol–water partition coefficient (Wildman–Crippen LogP) is 1.69. The van der Waals surface area contributed by atoms with Crippen LogP contribution in [0, 0.1) is 0 Å². The molecule has 102 valence electrons. The molecule has 0 unspecified atom stereocenters. The van der Waals surface area contributed by atoms with Crippen LogP contribution in [0.25, 0.3) is 0 Å². The first kappa shape index (κ1) is 12.7. The molecule has 5 heteroatoms. The molecule has 0 spiro atoms. The monoisotopic (exact) mass is 269 g/mol. The number of rotatable bonds is 2.